The van der Waals surface area contributed by atoms with E-state index < -0.39 is 0 Å². The number of carbonyl (C=O) groups is 1. The molecule has 2 heteroatoms. The van der Waals surface area contributed by atoms with Crippen molar-refractivity contribution in [1.29, 1.82) is 0 Å². The van der Waals surface area contributed by atoms with Crippen LogP contribution >= 0.6 is 0 Å². The van der Waals surface area contributed by atoms with Crippen molar-refractivity contribution in [3.63, 3.8) is 0 Å². The molecule has 1 unspecified atom stereocenters. The summed E-state index contributed by atoms with van der Waals surface area (Å²) in [7, 11) is 0. The molecule has 0 N–H and O–H groups in total. The van der Waals surface area contributed by atoms with E-state index in [1.165, 1.54) is 0 Å². The minimum atomic E-state index is -0.0492. The molecule has 0 fully saturated rings. The third kappa shape index (κ3) is 6.01. The zero-order valence-corrected chi connectivity index (χ0v) is 10.2. The van der Waals surface area contributed by atoms with Crippen LogP contribution in [-0.2, 0) is 9.53 Å². The zero-order chi connectivity index (χ0) is 11.1. The van der Waals surface area contributed by atoms with Gasteiger partial charge in [-0.15, -0.1) is 0 Å². The van der Waals surface area contributed by atoms with Gasteiger partial charge in [0.05, 0.1) is 6.61 Å². The molecule has 0 amide bonds. The lowest BCUT2D eigenvalue weighted by molar-refractivity contribution is -0.144. The Bertz CT molecular complexity index is 162. The first-order chi connectivity index (χ1) is 6.47. The van der Waals surface area contributed by atoms with Gasteiger partial charge in [-0.2, -0.15) is 0 Å². The summed E-state index contributed by atoms with van der Waals surface area (Å²) in [4.78, 5) is 11.3. The number of rotatable bonds is 6. The Kier molecular flexibility index (Phi) is 6.60. The monoisotopic (exact) mass is 200 g/mol. The molecule has 84 valence electrons. The van der Waals surface area contributed by atoms with E-state index in [-0.39, 0.29) is 5.97 Å². The number of ether oxygens (including phenoxy) is 1. The van der Waals surface area contributed by atoms with Gasteiger partial charge in [-0.3, -0.25) is 4.79 Å². The Hall–Kier alpha value is -0.530. The summed E-state index contributed by atoms with van der Waals surface area (Å²) in [5.41, 5.74) is 0. The van der Waals surface area contributed by atoms with Crippen LogP contribution in [0.15, 0.2) is 0 Å². The van der Waals surface area contributed by atoms with Crippen molar-refractivity contribution in [1.82, 2.24) is 0 Å². The van der Waals surface area contributed by atoms with Crippen LogP contribution in [-0.4, -0.2) is 12.6 Å². The molecule has 0 aliphatic carbocycles. The highest BCUT2D eigenvalue weighted by molar-refractivity contribution is 5.69. The van der Waals surface area contributed by atoms with Crippen molar-refractivity contribution >= 4 is 5.97 Å². The van der Waals surface area contributed by atoms with Crippen molar-refractivity contribution in [3.05, 3.63) is 0 Å². The molecular weight excluding hydrogens is 176 g/mol. The third-order valence-corrected chi connectivity index (χ3v) is 2.45. The van der Waals surface area contributed by atoms with Gasteiger partial charge in [-0.25, -0.2) is 0 Å². The summed E-state index contributed by atoms with van der Waals surface area (Å²) in [6.07, 6.45) is 1.68. The number of hydrogen-bond acceptors (Lipinski definition) is 2. The molecule has 0 radical (unpaired) electrons. The molecule has 0 heterocycles. The van der Waals surface area contributed by atoms with Crippen molar-refractivity contribution in [2.75, 3.05) is 6.61 Å². The maximum atomic E-state index is 11.3. The Balaban J connectivity index is 4.02. The zero-order valence-electron chi connectivity index (χ0n) is 10.2. The van der Waals surface area contributed by atoms with Crippen molar-refractivity contribution < 1.29 is 9.53 Å². The van der Waals surface area contributed by atoms with Gasteiger partial charge in [0, 0.05) is 6.42 Å². The second-order valence-electron chi connectivity index (χ2n) is 4.64. The Labute approximate surface area is 88.0 Å². The summed E-state index contributed by atoms with van der Waals surface area (Å²) in [5, 5.41) is 0. The summed E-state index contributed by atoms with van der Waals surface area (Å²) < 4.78 is 4.97. The third-order valence-electron chi connectivity index (χ3n) is 2.45. The number of hydrogen-bond donors (Lipinski definition) is 0. The summed E-state index contributed by atoms with van der Waals surface area (Å²) in [5.74, 6) is 1.62. The normalized spacial score (nSPS) is 13.4. The Morgan fingerprint density at radius 2 is 1.79 bits per heavy atom. The van der Waals surface area contributed by atoms with Crippen LogP contribution in [0.25, 0.3) is 0 Å². The summed E-state index contributed by atoms with van der Waals surface area (Å²) >= 11 is 0. The standard InChI is InChI=1S/C12H24O2/c1-6-14-12(13)8-11(10(4)5)7-9(2)3/h9-11H,6-8H2,1-5H3. The fourth-order valence-electron chi connectivity index (χ4n) is 1.63. The summed E-state index contributed by atoms with van der Waals surface area (Å²) in [6.45, 7) is 11.1. The summed E-state index contributed by atoms with van der Waals surface area (Å²) in [6, 6.07) is 0. The van der Waals surface area contributed by atoms with Crippen LogP contribution in [0.1, 0.15) is 47.5 Å². The van der Waals surface area contributed by atoms with Gasteiger partial charge in [0.25, 0.3) is 0 Å². The quantitative estimate of drug-likeness (QED) is 0.615. The molecule has 0 aromatic rings. The smallest absolute Gasteiger partial charge is 0.306 e. The second-order valence-corrected chi connectivity index (χ2v) is 4.64. The first-order valence-corrected chi connectivity index (χ1v) is 5.63. The van der Waals surface area contributed by atoms with E-state index in [4.69, 9.17) is 4.74 Å². The molecule has 0 saturated carbocycles. The lowest BCUT2D eigenvalue weighted by Gasteiger charge is -2.21. The van der Waals surface area contributed by atoms with E-state index in [0.29, 0.717) is 30.8 Å². The van der Waals surface area contributed by atoms with Crippen LogP contribution in [0.5, 0.6) is 0 Å². The van der Waals surface area contributed by atoms with Crippen LogP contribution in [0.4, 0.5) is 0 Å². The van der Waals surface area contributed by atoms with Crippen molar-refractivity contribution in [2.24, 2.45) is 17.8 Å². The number of esters is 1. The minimum absolute atomic E-state index is 0.0492. The Morgan fingerprint density at radius 1 is 1.21 bits per heavy atom. The maximum Gasteiger partial charge on any atom is 0.306 e. The van der Waals surface area contributed by atoms with Crippen molar-refractivity contribution in [2.45, 2.75) is 47.5 Å². The minimum Gasteiger partial charge on any atom is -0.466 e. The largest absolute Gasteiger partial charge is 0.466 e. The molecule has 0 aromatic carbocycles. The first kappa shape index (κ1) is 13.5. The highest BCUT2D eigenvalue weighted by Gasteiger charge is 2.19. The highest BCUT2D eigenvalue weighted by atomic mass is 16.5. The molecule has 2 nitrogen and oxygen atoms in total. The van der Waals surface area contributed by atoms with Gasteiger partial charge in [0.15, 0.2) is 0 Å². The van der Waals surface area contributed by atoms with Crippen LogP contribution in [0, 0.1) is 17.8 Å². The second kappa shape index (κ2) is 6.86. The fraction of sp³-hybridized carbons (Fsp3) is 0.917. The van der Waals surface area contributed by atoms with Crippen LogP contribution < -0.4 is 0 Å². The molecular formula is C12H24O2. The average Bonchev–Trinajstić information content (AvgIpc) is 2.02. The van der Waals surface area contributed by atoms with E-state index in [1.54, 1.807) is 0 Å². The van der Waals surface area contributed by atoms with Gasteiger partial charge >= 0.3 is 5.97 Å². The van der Waals surface area contributed by atoms with Crippen molar-refractivity contribution in [3.8, 4) is 0 Å². The van der Waals surface area contributed by atoms with Gasteiger partial charge < -0.3 is 4.74 Å². The molecule has 0 saturated heterocycles. The highest BCUT2D eigenvalue weighted by Crippen LogP contribution is 2.23. The molecule has 14 heavy (non-hydrogen) atoms. The SMILES string of the molecule is CCOC(=O)CC(CC(C)C)C(C)C. The van der Waals surface area contributed by atoms with E-state index in [1.807, 2.05) is 6.92 Å². The van der Waals surface area contributed by atoms with Crippen LogP contribution in [0.2, 0.25) is 0 Å². The molecule has 0 aliphatic heterocycles. The molecule has 0 aliphatic rings. The predicted molar refractivity (Wildman–Crippen MR) is 59.0 cm³/mol. The molecule has 0 spiro atoms. The van der Waals surface area contributed by atoms with Crippen LogP contribution in [0.3, 0.4) is 0 Å². The molecule has 1 atom stereocenters. The lowest BCUT2D eigenvalue weighted by Crippen LogP contribution is -2.18. The van der Waals surface area contributed by atoms with E-state index >= 15 is 0 Å². The molecule has 0 rings (SSSR count). The topological polar surface area (TPSA) is 26.3 Å². The molecule has 0 bridgehead atoms. The van der Waals surface area contributed by atoms with E-state index in [0.717, 1.165) is 6.42 Å². The lowest BCUT2D eigenvalue weighted by atomic mass is 9.85. The average molecular weight is 200 g/mol. The predicted octanol–water partition coefficient (Wildman–Crippen LogP) is 3.26. The number of carbonyl (C=O) groups excluding carboxylic acids is 1. The van der Waals surface area contributed by atoms with E-state index in [2.05, 4.69) is 27.7 Å². The molecule has 0 aromatic heterocycles. The van der Waals surface area contributed by atoms with Gasteiger partial charge in [0.1, 0.15) is 0 Å². The van der Waals surface area contributed by atoms with E-state index in [9.17, 15) is 4.79 Å². The maximum absolute atomic E-state index is 11.3. The van der Waals surface area contributed by atoms with Gasteiger partial charge in [0.2, 0.25) is 0 Å². The Morgan fingerprint density at radius 3 is 2.14 bits per heavy atom. The van der Waals surface area contributed by atoms with Gasteiger partial charge in [-0.05, 0) is 31.1 Å². The van der Waals surface area contributed by atoms with Gasteiger partial charge in [-0.1, -0.05) is 27.7 Å². The first-order valence-electron chi connectivity index (χ1n) is 5.63. The fourth-order valence-corrected chi connectivity index (χ4v) is 1.63.